The Hall–Kier alpha value is -1.43. The minimum atomic E-state index is -4.79. The monoisotopic (exact) mass is 265 g/mol. The lowest BCUT2D eigenvalue weighted by molar-refractivity contribution is -0.274. The molecule has 0 fully saturated rings. The van der Waals surface area contributed by atoms with Crippen molar-refractivity contribution in [1.82, 2.24) is 4.98 Å². The number of nitrogens with zero attached hydrogens (tertiary/aromatic N) is 1. The fraction of sp³-hybridized carbons (Fsp3) is 0.300. The van der Waals surface area contributed by atoms with Gasteiger partial charge >= 0.3 is 6.36 Å². The largest absolute Gasteiger partial charge is 0.573 e. The molecule has 0 spiro atoms. The summed E-state index contributed by atoms with van der Waals surface area (Å²) in [7, 11) is 0. The molecule has 1 aromatic carbocycles. The van der Waals surface area contributed by atoms with Gasteiger partial charge in [0.15, 0.2) is 17.2 Å². The molecule has 0 bridgehead atoms. The van der Waals surface area contributed by atoms with Crippen molar-refractivity contribution in [3.05, 3.63) is 23.0 Å². The first-order valence-corrected chi connectivity index (χ1v) is 5.11. The summed E-state index contributed by atoms with van der Waals surface area (Å²) in [5.74, 6) is -0.0642. The van der Waals surface area contributed by atoms with E-state index in [0.29, 0.717) is 17.8 Å². The highest BCUT2D eigenvalue weighted by Gasteiger charge is 2.32. The number of aromatic nitrogens is 1. The van der Waals surface area contributed by atoms with Crippen molar-refractivity contribution >= 4 is 22.7 Å². The molecule has 7 heteroatoms. The Labute approximate surface area is 99.1 Å². The van der Waals surface area contributed by atoms with Crippen LogP contribution >= 0.6 is 11.6 Å². The van der Waals surface area contributed by atoms with Crippen LogP contribution in [-0.4, -0.2) is 11.3 Å². The molecule has 2 rings (SSSR count). The van der Waals surface area contributed by atoms with Gasteiger partial charge in [-0.25, -0.2) is 4.98 Å². The number of alkyl halides is 3. The Morgan fingerprint density at radius 3 is 2.71 bits per heavy atom. The first kappa shape index (κ1) is 12.0. The van der Waals surface area contributed by atoms with Crippen molar-refractivity contribution < 1.29 is 22.3 Å². The predicted octanol–water partition coefficient (Wildman–Crippen LogP) is 3.94. The summed E-state index contributed by atoms with van der Waals surface area (Å²) in [5.41, 5.74) is 0.617. The van der Waals surface area contributed by atoms with Crippen LogP contribution in [-0.2, 0) is 6.42 Å². The molecule has 3 nitrogen and oxygen atoms in total. The molecule has 1 aromatic heterocycles. The molecule has 0 amide bonds. The Balaban J connectivity index is 2.47. The van der Waals surface area contributed by atoms with E-state index >= 15 is 0 Å². The third-order valence-electron chi connectivity index (χ3n) is 2.01. The molecule has 0 N–H and O–H groups in total. The van der Waals surface area contributed by atoms with E-state index in [-0.39, 0.29) is 10.6 Å². The zero-order chi connectivity index (χ0) is 12.6. The average molecular weight is 266 g/mol. The minimum absolute atomic E-state index is 0.161. The van der Waals surface area contributed by atoms with Crippen LogP contribution in [0.2, 0.25) is 5.02 Å². The molecular formula is C10H7ClF3NO2. The Kier molecular flexibility index (Phi) is 2.91. The molecule has 0 aliphatic carbocycles. The smallest absolute Gasteiger partial charge is 0.441 e. The van der Waals surface area contributed by atoms with Crippen molar-refractivity contribution in [3.63, 3.8) is 0 Å². The molecule has 0 aliphatic heterocycles. The molecule has 1 heterocycles. The fourth-order valence-corrected chi connectivity index (χ4v) is 1.53. The van der Waals surface area contributed by atoms with Crippen LogP contribution < -0.4 is 4.74 Å². The molecule has 0 atom stereocenters. The van der Waals surface area contributed by atoms with Crippen molar-refractivity contribution in [2.24, 2.45) is 0 Å². The number of rotatable bonds is 2. The number of hydrogen-bond donors (Lipinski definition) is 0. The number of hydrogen-bond acceptors (Lipinski definition) is 3. The summed E-state index contributed by atoms with van der Waals surface area (Å²) in [4.78, 5) is 4.04. The van der Waals surface area contributed by atoms with Crippen molar-refractivity contribution in [2.75, 3.05) is 0 Å². The molecule has 0 radical (unpaired) electrons. The van der Waals surface area contributed by atoms with Crippen LogP contribution in [0.3, 0.4) is 0 Å². The summed E-state index contributed by atoms with van der Waals surface area (Å²) in [6, 6.07) is 2.36. The van der Waals surface area contributed by atoms with E-state index in [1.165, 1.54) is 6.07 Å². The third-order valence-corrected chi connectivity index (χ3v) is 2.31. The highest BCUT2D eigenvalue weighted by atomic mass is 35.5. The summed E-state index contributed by atoms with van der Waals surface area (Å²) in [6.45, 7) is 1.82. The number of oxazole rings is 1. The van der Waals surface area contributed by atoms with Gasteiger partial charge in [0.2, 0.25) is 0 Å². The average Bonchev–Trinajstić information content (AvgIpc) is 2.58. The SMILES string of the molecule is CCc1nc2cc(Cl)c(OC(F)(F)F)cc2o1. The number of ether oxygens (including phenoxy) is 1. The first-order chi connectivity index (χ1) is 7.89. The van der Waals surface area contributed by atoms with Gasteiger partial charge in [-0.1, -0.05) is 18.5 Å². The van der Waals surface area contributed by atoms with Gasteiger partial charge in [-0.05, 0) is 6.07 Å². The number of halogens is 4. The second kappa shape index (κ2) is 4.10. The minimum Gasteiger partial charge on any atom is -0.441 e. The van der Waals surface area contributed by atoms with Crippen LogP contribution in [0.15, 0.2) is 16.5 Å². The lowest BCUT2D eigenvalue weighted by Crippen LogP contribution is -2.17. The van der Waals surface area contributed by atoms with Gasteiger partial charge in [0.1, 0.15) is 5.52 Å². The zero-order valence-corrected chi connectivity index (χ0v) is 9.39. The lowest BCUT2D eigenvalue weighted by atomic mass is 10.3. The maximum Gasteiger partial charge on any atom is 0.573 e. The van der Waals surface area contributed by atoms with Crippen molar-refractivity contribution in [3.8, 4) is 5.75 Å². The Morgan fingerprint density at radius 2 is 2.12 bits per heavy atom. The van der Waals surface area contributed by atoms with Crippen LogP contribution in [0.1, 0.15) is 12.8 Å². The van der Waals surface area contributed by atoms with Gasteiger partial charge in [-0.2, -0.15) is 0 Å². The molecule has 0 unspecified atom stereocenters. The lowest BCUT2D eigenvalue weighted by Gasteiger charge is -2.09. The molecule has 0 aliphatic rings. The van der Waals surface area contributed by atoms with E-state index in [1.807, 2.05) is 6.92 Å². The topological polar surface area (TPSA) is 35.3 Å². The Bertz CT molecular complexity index is 550. The second-order valence-corrected chi connectivity index (χ2v) is 3.67. The summed E-state index contributed by atoms with van der Waals surface area (Å²) < 4.78 is 45.2. The molecule has 0 saturated carbocycles. The van der Waals surface area contributed by atoms with Gasteiger partial charge in [0.05, 0.1) is 5.02 Å². The highest BCUT2D eigenvalue weighted by molar-refractivity contribution is 6.32. The summed E-state index contributed by atoms with van der Waals surface area (Å²) in [6.07, 6.45) is -4.24. The van der Waals surface area contributed by atoms with Crippen LogP contribution in [0.4, 0.5) is 13.2 Å². The van der Waals surface area contributed by atoms with Gasteiger partial charge < -0.3 is 9.15 Å². The molecular weight excluding hydrogens is 259 g/mol. The first-order valence-electron chi connectivity index (χ1n) is 4.73. The predicted molar refractivity (Wildman–Crippen MR) is 55.1 cm³/mol. The number of aryl methyl sites for hydroxylation is 1. The van der Waals surface area contributed by atoms with E-state index in [2.05, 4.69) is 9.72 Å². The van der Waals surface area contributed by atoms with Gasteiger partial charge in [-0.15, -0.1) is 13.2 Å². The van der Waals surface area contributed by atoms with Crippen LogP contribution in [0.5, 0.6) is 5.75 Å². The van der Waals surface area contributed by atoms with E-state index in [9.17, 15) is 13.2 Å². The zero-order valence-electron chi connectivity index (χ0n) is 8.64. The number of benzene rings is 1. The standard InChI is InChI=1S/C10H7ClF3NO2/c1-2-9-15-6-3-5(11)7(4-8(6)16-9)17-10(12,13)14/h3-4H,2H2,1H3. The fourth-order valence-electron chi connectivity index (χ4n) is 1.33. The molecule has 17 heavy (non-hydrogen) atoms. The van der Waals surface area contributed by atoms with Crippen molar-refractivity contribution in [1.29, 1.82) is 0 Å². The molecule has 2 aromatic rings. The van der Waals surface area contributed by atoms with Crippen LogP contribution in [0.25, 0.3) is 11.1 Å². The van der Waals surface area contributed by atoms with Gasteiger partial charge in [0.25, 0.3) is 0 Å². The maximum absolute atomic E-state index is 12.1. The summed E-state index contributed by atoms with van der Waals surface area (Å²) >= 11 is 5.66. The Morgan fingerprint density at radius 1 is 1.41 bits per heavy atom. The maximum atomic E-state index is 12.1. The van der Waals surface area contributed by atoms with Gasteiger partial charge in [-0.3, -0.25) is 0 Å². The van der Waals surface area contributed by atoms with E-state index in [0.717, 1.165) is 6.07 Å². The van der Waals surface area contributed by atoms with E-state index in [1.54, 1.807) is 0 Å². The van der Waals surface area contributed by atoms with E-state index in [4.69, 9.17) is 16.0 Å². The molecule has 0 saturated heterocycles. The van der Waals surface area contributed by atoms with E-state index < -0.39 is 12.1 Å². The summed E-state index contributed by atoms with van der Waals surface area (Å²) in [5, 5.41) is -0.161. The van der Waals surface area contributed by atoms with Crippen molar-refractivity contribution in [2.45, 2.75) is 19.7 Å². The second-order valence-electron chi connectivity index (χ2n) is 3.26. The van der Waals surface area contributed by atoms with Gasteiger partial charge in [0, 0.05) is 12.5 Å². The number of fused-ring (bicyclic) bond motifs is 1. The molecule has 92 valence electrons. The highest BCUT2D eigenvalue weighted by Crippen LogP contribution is 2.34. The normalized spacial score (nSPS) is 12.1. The quantitative estimate of drug-likeness (QED) is 0.825. The third kappa shape index (κ3) is 2.63. The van der Waals surface area contributed by atoms with Crippen LogP contribution in [0, 0.1) is 0 Å².